The molecule has 1 aromatic rings. The monoisotopic (exact) mass is 295 g/mol. The Hall–Kier alpha value is -2.59. The molecule has 0 aliphatic heterocycles. The third kappa shape index (κ3) is 3.96. The molecule has 0 spiro atoms. The molecular formula is C12H10ClN3O4. The molecule has 0 radical (unpaired) electrons. The summed E-state index contributed by atoms with van der Waals surface area (Å²) >= 11 is 5.66. The van der Waals surface area contributed by atoms with Crippen LogP contribution >= 0.6 is 11.6 Å². The first-order valence-corrected chi connectivity index (χ1v) is 5.85. The summed E-state index contributed by atoms with van der Waals surface area (Å²) in [5.74, 6) is -0.772. The first-order valence-electron chi connectivity index (χ1n) is 5.47. The maximum absolute atomic E-state index is 11.3. The number of rotatable bonds is 5. The van der Waals surface area contributed by atoms with Crippen LogP contribution in [-0.2, 0) is 9.53 Å². The zero-order valence-corrected chi connectivity index (χ0v) is 11.2. The maximum Gasteiger partial charge on any atom is 0.350 e. The van der Waals surface area contributed by atoms with E-state index in [9.17, 15) is 14.9 Å². The van der Waals surface area contributed by atoms with Gasteiger partial charge in [-0.15, -0.1) is 0 Å². The van der Waals surface area contributed by atoms with E-state index in [1.807, 2.05) is 0 Å². The second kappa shape index (κ2) is 7.11. The molecule has 20 heavy (non-hydrogen) atoms. The predicted molar refractivity (Wildman–Crippen MR) is 72.1 cm³/mol. The number of ether oxygens (including phenoxy) is 1. The number of hydrogen-bond donors (Lipinski definition) is 1. The number of carbonyl (C=O) groups excluding carboxylic acids is 1. The van der Waals surface area contributed by atoms with Crippen molar-refractivity contribution in [3.8, 4) is 6.07 Å². The predicted octanol–water partition coefficient (Wildman–Crippen LogP) is 2.63. The number of halogens is 1. The SMILES string of the molecule is CCOC(=O)/C(C#N)=C/Nc1ccc(Cl)c([N+](=O)[O-])c1. The van der Waals surface area contributed by atoms with Crippen molar-refractivity contribution in [1.29, 1.82) is 5.26 Å². The average Bonchev–Trinajstić information content (AvgIpc) is 2.41. The lowest BCUT2D eigenvalue weighted by Crippen LogP contribution is -2.07. The van der Waals surface area contributed by atoms with Crippen LogP contribution in [0.3, 0.4) is 0 Å². The summed E-state index contributed by atoms with van der Waals surface area (Å²) < 4.78 is 4.67. The van der Waals surface area contributed by atoms with Gasteiger partial charge in [0.2, 0.25) is 0 Å². The van der Waals surface area contributed by atoms with Gasteiger partial charge in [0.15, 0.2) is 5.57 Å². The van der Waals surface area contributed by atoms with E-state index in [2.05, 4.69) is 10.1 Å². The molecule has 0 aliphatic rings. The first-order chi connectivity index (χ1) is 9.49. The van der Waals surface area contributed by atoms with Crippen LogP contribution in [-0.4, -0.2) is 17.5 Å². The number of benzene rings is 1. The number of esters is 1. The van der Waals surface area contributed by atoms with Gasteiger partial charge >= 0.3 is 5.97 Å². The summed E-state index contributed by atoms with van der Waals surface area (Å²) in [6, 6.07) is 5.68. The van der Waals surface area contributed by atoms with Crippen molar-refractivity contribution >= 4 is 28.9 Å². The minimum absolute atomic E-state index is 0.00423. The molecule has 0 saturated carbocycles. The fraction of sp³-hybridized carbons (Fsp3) is 0.167. The zero-order chi connectivity index (χ0) is 15.1. The van der Waals surface area contributed by atoms with Crippen molar-refractivity contribution in [1.82, 2.24) is 0 Å². The zero-order valence-electron chi connectivity index (χ0n) is 10.4. The van der Waals surface area contributed by atoms with Crippen LogP contribution in [0.4, 0.5) is 11.4 Å². The number of carbonyl (C=O) groups is 1. The van der Waals surface area contributed by atoms with Gasteiger partial charge in [0.1, 0.15) is 11.1 Å². The molecule has 1 rings (SSSR count). The number of nitro benzene ring substituents is 1. The van der Waals surface area contributed by atoms with Gasteiger partial charge in [-0.3, -0.25) is 10.1 Å². The molecule has 0 fully saturated rings. The van der Waals surface area contributed by atoms with Crippen LogP contribution in [0.5, 0.6) is 0 Å². The molecule has 0 bridgehead atoms. The minimum Gasteiger partial charge on any atom is -0.462 e. The molecule has 0 atom stereocenters. The van der Waals surface area contributed by atoms with E-state index in [-0.39, 0.29) is 22.9 Å². The smallest absolute Gasteiger partial charge is 0.350 e. The van der Waals surface area contributed by atoms with E-state index in [0.29, 0.717) is 5.69 Å². The Labute approximate surface area is 119 Å². The van der Waals surface area contributed by atoms with Gasteiger partial charge < -0.3 is 10.1 Å². The second-order valence-electron chi connectivity index (χ2n) is 3.46. The van der Waals surface area contributed by atoms with Gasteiger partial charge in [0.05, 0.1) is 11.5 Å². The van der Waals surface area contributed by atoms with Crippen LogP contribution in [0.15, 0.2) is 30.0 Å². The maximum atomic E-state index is 11.3. The molecule has 1 aromatic carbocycles. The van der Waals surface area contributed by atoms with Crippen LogP contribution < -0.4 is 5.32 Å². The van der Waals surface area contributed by atoms with Gasteiger partial charge in [-0.25, -0.2) is 4.79 Å². The number of nitrogens with zero attached hydrogens (tertiary/aromatic N) is 2. The fourth-order valence-corrected chi connectivity index (χ4v) is 1.43. The molecule has 0 amide bonds. The summed E-state index contributed by atoms with van der Waals surface area (Å²) in [5.41, 5.74) is -0.206. The van der Waals surface area contributed by atoms with Gasteiger partial charge in [-0.1, -0.05) is 11.6 Å². The second-order valence-corrected chi connectivity index (χ2v) is 3.87. The number of nitrogens with one attached hydrogen (secondary N) is 1. The number of nitriles is 1. The van der Waals surface area contributed by atoms with Crippen molar-refractivity contribution in [3.63, 3.8) is 0 Å². The Morgan fingerprint density at radius 2 is 2.35 bits per heavy atom. The number of hydrogen-bond acceptors (Lipinski definition) is 6. The molecule has 0 heterocycles. The van der Waals surface area contributed by atoms with Crippen LogP contribution in [0, 0.1) is 21.4 Å². The van der Waals surface area contributed by atoms with Crippen molar-refractivity contribution in [2.75, 3.05) is 11.9 Å². The molecule has 8 heteroatoms. The summed E-state index contributed by atoms with van der Waals surface area (Å²) in [6.07, 6.45) is 1.12. The van der Waals surface area contributed by atoms with E-state index in [0.717, 1.165) is 6.20 Å². The molecule has 7 nitrogen and oxygen atoms in total. The molecule has 0 saturated heterocycles. The van der Waals surface area contributed by atoms with Crippen molar-refractivity contribution in [3.05, 3.63) is 45.1 Å². The fourth-order valence-electron chi connectivity index (χ4n) is 1.24. The summed E-state index contributed by atoms with van der Waals surface area (Å²) in [6.45, 7) is 1.76. The summed E-state index contributed by atoms with van der Waals surface area (Å²) in [7, 11) is 0. The lowest BCUT2D eigenvalue weighted by molar-refractivity contribution is -0.384. The van der Waals surface area contributed by atoms with E-state index < -0.39 is 10.9 Å². The van der Waals surface area contributed by atoms with E-state index in [1.165, 1.54) is 18.2 Å². The van der Waals surface area contributed by atoms with Crippen molar-refractivity contribution in [2.24, 2.45) is 0 Å². The van der Waals surface area contributed by atoms with Gasteiger partial charge in [-0.2, -0.15) is 5.26 Å². The highest BCUT2D eigenvalue weighted by molar-refractivity contribution is 6.32. The summed E-state index contributed by atoms with van der Waals surface area (Å²) in [5, 5.41) is 22.1. The molecule has 104 valence electrons. The normalized spacial score (nSPS) is 10.6. The third-order valence-electron chi connectivity index (χ3n) is 2.14. The van der Waals surface area contributed by atoms with Crippen LogP contribution in [0.1, 0.15) is 6.92 Å². The van der Waals surface area contributed by atoms with E-state index >= 15 is 0 Å². The quantitative estimate of drug-likeness (QED) is 0.294. The van der Waals surface area contributed by atoms with Crippen LogP contribution in [0.2, 0.25) is 5.02 Å². The van der Waals surface area contributed by atoms with Gasteiger partial charge in [-0.05, 0) is 19.1 Å². The van der Waals surface area contributed by atoms with Crippen molar-refractivity contribution < 1.29 is 14.5 Å². The third-order valence-corrected chi connectivity index (χ3v) is 2.46. The molecular weight excluding hydrogens is 286 g/mol. The van der Waals surface area contributed by atoms with Gasteiger partial charge in [0.25, 0.3) is 5.69 Å². The Bertz CT molecular complexity index is 607. The summed E-state index contributed by atoms with van der Waals surface area (Å²) in [4.78, 5) is 21.4. The largest absolute Gasteiger partial charge is 0.462 e. The average molecular weight is 296 g/mol. The topological polar surface area (TPSA) is 105 Å². The highest BCUT2D eigenvalue weighted by Gasteiger charge is 2.13. The Morgan fingerprint density at radius 1 is 1.65 bits per heavy atom. The molecule has 1 N–H and O–H groups in total. The highest BCUT2D eigenvalue weighted by atomic mass is 35.5. The number of anilines is 1. The molecule has 0 unspecified atom stereocenters. The highest BCUT2D eigenvalue weighted by Crippen LogP contribution is 2.27. The Balaban J connectivity index is 2.94. The molecule has 0 aromatic heterocycles. The lowest BCUT2D eigenvalue weighted by Gasteiger charge is -2.03. The standard InChI is InChI=1S/C12H10ClN3O4/c1-2-20-12(17)8(6-14)7-15-9-3-4-10(13)11(5-9)16(18)19/h3-5,7,15H,2H2,1H3/b8-7+. The minimum atomic E-state index is -0.772. The molecule has 0 aliphatic carbocycles. The Morgan fingerprint density at radius 3 is 2.90 bits per heavy atom. The van der Waals surface area contributed by atoms with E-state index in [1.54, 1.807) is 13.0 Å². The van der Waals surface area contributed by atoms with Gasteiger partial charge in [0, 0.05) is 18.0 Å². The number of nitro groups is 1. The van der Waals surface area contributed by atoms with Crippen molar-refractivity contribution in [2.45, 2.75) is 6.92 Å². The lowest BCUT2D eigenvalue weighted by atomic mass is 10.2. The Kier molecular flexibility index (Phi) is 5.50. The van der Waals surface area contributed by atoms with E-state index in [4.69, 9.17) is 16.9 Å². The van der Waals surface area contributed by atoms with Crippen LogP contribution in [0.25, 0.3) is 0 Å². The first kappa shape index (κ1) is 15.5.